The van der Waals surface area contributed by atoms with Crippen LogP contribution in [0.15, 0.2) is 18.2 Å². The van der Waals surface area contributed by atoms with E-state index in [9.17, 15) is 8.42 Å². The maximum absolute atomic E-state index is 12.1. The van der Waals surface area contributed by atoms with E-state index in [2.05, 4.69) is 9.97 Å². The molecule has 6 nitrogen and oxygen atoms in total. The fourth-order valence-corrected chi connectivity index (χ4v) is 3.17. The second kappa shape index (κ2) is 3.69. The van der Waals surface area contributed by atoms with Crippen LogP contribution in [0.5, 0.6) is 0 Å². The van der Waals surface area contributed by atoms with Gasteiger partial charge in [-0.15, -0.1) is 0 Å². The Kier molecular flexibility index (Phi) is 2.36. The average Bonchev–Trinajstić information content (AvgIpc) is 3.10. The fraction of sp³-hybridized carbons (Fsp3) is 0.364. The summed E-state index contributed by atoms with van der Waals surface area (Å²) in [5.74, 6) is 0.818. The van der Waals surface area contributed by atoms with Gasteiger partial charge >= 0.3 is 10.2 Å². The second-order valence-electron chi connectivity index (χ2n) is 4.40. The minimum absolute atomic E-state index is 0.609. The van der Waals surface area contributed by atoms with Gasteiger partial charge in [-0.25, -0.2) is 4.98 Å². The summed E-state index contributed by atoms with van der Waals surface area (Å²) in [4.78, 5) is 7.39. The van der Waals surface area contributed by atoms with E-state index in [1.54, 1.807) is 19.2 Å². The van der Waals surface area contributed by atoms with Gasteiger partial charge in [0.25, 0.3) is 0 Å². The first kappa shape index (κ1) is 11.5. The van der Waals surface area contributed by atoms with Crippen molar-refractivity contribution in [2.24, 2.45) is 0 Å². The summed E-state index contributed by atoms with van der Waals surface area (Å²) in [5.41, 5.74) is 2.32. The van der Waals surface area contributed by atoms with Gasteiger partial charge in [-0.3, -0.25) is 4.31 Å². The van der Waals surface area contributed by atoms with Crippen LogP contribution in [0, 0.1) is 6.92 Å². The number of hydrogen-bond acceptors (Lipinski definition) is 3. The Morgan fingerprint density at radius 1 is 1.39 bits per heavy atom. The third-order valence-corrected chi connectivity index (χ3v) is 4.95. The van der Waals surface area contributed by atoms with E-state index >= 15 is 0 Å². The number of fused-ring (bicyclic) bond motifs is 1. The van der Waals surface area contributed by atoms with Crippen LogP contribution in [-0.2, 0) is 10.2 Å². The van der Waals surface area contributed by atoms with Crippen LogP contribution in [0.2, 0.25) is 0 Å². The Hall–Kier alpha value is -1.60. The summed E-state index contributed by atoms with van der Waals surface area (Å²) in [6.07, 6.45) is 0. The van der Waals surface area contributed by atoms with Crippen LogP contribution in [-0.4, -0.2) is 42.8 Å². The molecule has 0 radical (unpaired) electrons. The molecule has 0 amide bonds. The van der Waals surface area contributed by atoms with Crippen LogP contribution >= 0.6 is 0 Å². The number of aromatic nitrogens is 2. The van der Waals surface area contributed by atoms with Gasteiger partial charge in [-0.05, 0) is 25.1 Å². The molecular formula is C11H14N4O2S. The largest absolute Gasteiger partial charge is 0.342 e. The van der Waals surface area contributed by atoms with Crippen LogP contribution in [0.1, 0.15) is 5.82 Å². The normalized spacial score (nSPS) is 16.1. The highest BCUT2D eigenvalue weighted by Gasteiger charge is 2.35. The lowest BCUT2D eigenvalue weighted by atomic mass is 10.3. The zero-order chi connectivity index (χ0) is 12.9. The SMILES string of the molecule is Cc1nc2ccc(N(C)S(=O)(=O)N3CC3)cc2[nH]1. The maximum atomic E-state index is 12.1. The summed E-state index contributed by atoms with van der Waals surface area (Å²) < 4.78 is 26.8. The summed E-state index contributed by atoms with van der Waals surface area (Å²) in [7, 11) is -1.78. The lowest BCUT2D eigenvalue weighted by molar-refractivity contribution is 0.561. The summed E-state index contributed by atoms with van der Waals surface area (Å²) in [5, 5.41) is 0. The molecule has 1 aromatic carbocycles. The lowest BCUT2D eigenvalue weighted by Crippen LogP contribution is -2.32. The van der Waals surface area contributed by atoms with Gasteiger partial charge in [0.15, 0.2) is 0 Å². The first-order valence-electron chi connectivity index (χ1n) is 5.69. The lowest BCUT2D eigenvalue weighted by Gasteiger charge is -2.19. The number of nitrogens with zero attached hydrogens (tertiary/aromatic N) is 3. The molecule has 0 unspecified atom stereocenters. The Morgan fingerprint density at radius 2 is 2.11 bits per heavy atom. The zero-order valence-electron chi connectivity index (χ0n) is 10.2. The van der Waals surface area contributed by atoms with E-state index in [4.69, 9.17) is 0 Å². The van der Waals surface area contributed by atoms with Gasteiger partial charge in [-0.2, -0.15) is 12.7 Å². The summed E-state index contributed by atoms with van der Waals surface area (Å²) >= 11 is 0. The molecule has 2 heterocycles. The molecule has 0 atom stereocenters. The van der Waals surface area contributed by atoms with Crippen molar-refractivity contribution in [3.05, 3.63) is 24.0 Å². The average molecular weight is 266 g/mol. The molecule has 18 heavy (non-hydrogen) atoms. The molecule has 1 saturated heterocycles. The standard InChI is InChI=1S/C11H14N4O2S/c1-8-12-10-4-3-9(7-11(10)13-8)14(2)18(16,17)15-5-6-15/h3-4,7H,5-6H2,1-2H3,(H,12,13). The fourth-order valence-electron chi connectivity index (χ4n) is 1.90. The van der Waals surface area contributed by atoms with Gasteiger partial charge < -0.3 is 4.98 Å². The van der Waals surface area contributed by atoms with Crippen LogP contribution in [0.25, 0.3) is 11.0 Å². The second-order valence-corrected chi connectivity index (χ2v) is 6.36. The van der Waals surface area contributed by atoms with Crippen LogP contribution < -0.4 is 4.31 Å². The van der Waals surface area contributed by atoms with Gasteiger partial charge in [0.1, 0.15) is 5.82 Å². The third kappa shape index (κ3) is 1.75. The van der Waals surface area contributed by atoms with E-state index in [0.29, 0.717) is 18.8 Å². The Morgan fingerprint density at radius 3 is 2.78 bits per heavy atom. The molecule has 0 saturated carbocycles. The van der Waals surface area contributed by atoms with Crippen molar-refractivity contribution in [1.82, 2.24) is 14.3 Å². The summed E-state index contributed by atoms with van der Waals surface area (Å²) in [6.45, 7) is 3.09. The van der Waals surface area contributed by atoms with Crippen molar-refractivity contribution in [3.63, 3.8) is 0 Å². The molecule has 1 fully saturated rings. The first-order valence-corrected chi connectivity index (χ1v) is 7.08. The number of H-pyrrole nitrogens is 1. The highest BCUT2D eigenvalue weighted by atomic mass is 32.2. The number of nitrogens with one attached hydrogen (secondary N) is 1. The predicted molar refractivity (Wildman–Crippen MR) is 69.7 cm³/mol. The minimum atomic E-state index is -3.35. The third-order valence-electron chi connectivity index (χ3n) is 3.03. The number of aromatic amines is 1. The van der Waals surface area contributed by atoms with E-state index in [1.165, 1.54) is 8.61 Å². The highest BCUT2D eigenvalue weighted by molar-refractivity contribution is 7.90. The smallest absolute Gasteiger partial charge is 0.303 e. The topological polar surface area (TPSA) is 69.1 Å². The molecule has 1 aliphatic rings. The number of imidazole rings is 1. The van der Waals surface area contributed by atoms with Gasteiger partial charge in [0.2, 0.25) is 0 Å². The Bertz CT molecular complexity index is 703. The van der Waals surface area contributed by atoms with E-state index in [1.807, 2.05) is 13.0 Å². The van der Waals surface area contributed by atoms with E-state index < -0.39 is 10.2 Å². The first-order chi connectivity index (χ1) is 8.48. The van der Waals surface area contributed by atoms with Gasteiger partial charge in [-0.1, -0.05) is 0 Å². The van der Waals surface area contributed by atoms with Crippen molar-refractivity contribution in [1.29, 1.82) is 0 Å². The number of aryl methyl sites for hydroxylation is 1. The van der Waals surface area contributed by atoms with E-state index in [-0.39, 0.29) is 0 Å². The van der Waals surface area contributed by atoms with Crippen molar-refractivity contribution in [2.45, 2.75) is 6.92 Å². The van der Waals surface area contributed by atoms with Crippen LogP contribution in [0.3, 0.4) is 0 Å². The Labute approximate surface area is 105 Å². The summed E-state index contributed by atoms with van der Waals surface area (Å²) in [6, 6.07) is 5.39. The van der Waals surface area contributed by atoms with Crippen LogP contribution in [0.4, 0.5) is 5.69 Å². The van der Waals surface area contributed by atoms with Gasteiger partial charge in [0, 0.05) is 20.1 Å². The molecule has 1 N–H and O–H groups in total. The number of rotatable bonds is 3. The molecule has 7 heteroatoms. The Balaban J connectivity index is 2.03. The quantitative estimate of drug-likeness (QED) is 0.838. The van der Waals surface area contributed by atoms with Crippen molar-refractivity contribution >= 4 is 26.9 Å². The van der Waals surface area contributed by atoms with E-state index in [0.717, 1.165) is 16.9 Å². The highest BCUT2D eigenvalue weighted by Crippen LogP contribution is 2.25. The maximum Gasteiger partial charge on any atom is 0.303 e. The molecule has 0 spiro atoms. The molecule has 1 aromatic heterocycles. The molecule has 0 bridgehead atoms. The molecule has 96 valence electrons. The predicted octanol–water partition coefficient (Wildman–Crippen LogP) is 0.868. The number of benzene rings is 1. The monoisotopic (exact) mass is 266 g/mol. The minimum Gasteiger partial charge on any atom is -0.342 e. The molecule has 2 aromatic rings. The molecule has 3 rings (SSSR count). The van der Waals surface area contributed by atoms with Gasteiger partial charge in [0.05, 0.1) is 16.7 Å². The number of hydrogen-bond donors (Lipinski definition) is 1. The number of anilines is 1. The van der Waals surface area contributed by atoms with Crippen molar-refractivity contribution in [2.75, 3.05) is 24.4 Å². The molecule has 0 aliphatic carbocycles. The van der Waals surface area contributed by atoms with Crippen molar-refractivity contribution in [3.8, 4) is 0 Å². The molecular weight excluding hydrogens is 252 g/mol. The zero-order valence-corrected chi connectivity index (χ0v) is 11.0. The molecule has 1 aliphatic heterocycles. The van der Waals surface area contributed by atoms with Crippen molar-refractivity contribution < 1.29 is 8.42 Å².